The van der Waals surface area contributed by atoms with Gasteiger partial charge in [0, 0.05) is 30.8 Å². The lowest BCUT2D eigenvalue weighted by atomic mass is 9.84. The number of carbonyl (C=O) groups excluding carboxylic acids is 1. The molecule has 8 nitrogen and oxygen atoms in total. The van der Waals surface area contributed by atoms with Crippen LogP contribution in [0, 0.1) is 12.7 Å². The maximum absolute atomic E-state index is 13.5. The summed E-state index contributed by atoms with van der Waals surface area (Å²) in [5, 5.41) is 16.1. The van der Waals surface area contributed by atoms with Gasteiger partial charge in [-0.3, -0.25) is 9.69 Å². The number of hydrogen-bond acceptors (Lipinski definition) is 5. The van der Waals surface area contributed by atoms with Gasteiger partial charge in [-0.15, -0.1) is 10.2 Å². The molecule has 12 heteroatoms. The average Bonchev–Trinajstić information content (AvgIpc) is 3.29. The number of fused-ring (bicyclic) bond motifs is 2. The minimum absolute atomic E-state index is 0.0850. The number of aliphatic carboxylic acids is 1. The van der Waals surface area contributed by atoms with Crippen molar-refractivity contribution in [2.45, 2.75) is 38.0 Å². The number of aryl methyl sites for hydroxylation is 1. The van der Waals surface area contributed by atoms with E-state index < -0.39 is 12.1 Å². The van der Waals surface area contributed by atoms with Gasteiger partial charge in [-0.2, -0.15) is 13.2 Å². The maximum Gasteiger partial charge on any atom is 0.490 e. The van der Waals surface area contributed by atoms with Gasteiger partial charge in [0.05, 0.1) is 12.1 Å². The molecule has 0 unspecified atom stereocenters. The number of alkyl halides is 3. The van der Waals surface area contributed by atoms with Gasteiger partial charge in [0.15, 0.2) is 5.82 Å². The van der Waals surface area contributed by atoms with E-state index in [9.17, 15) is 22.4 Å². The normalized spacial score (nSPS) is 16.9. The van der Waals surface area contributed by atoms with Crippen molar-refractivity contribution in [3.05, 3.63) is 71.3 Å². The largest absolute Gasteiger partial charge is 0.490 e. The first kappa shape index (κ1) is 27.2. The van der Waals surface area contributed by atoms with Crippen molar-refractivity contribution in [2.75, 3.05) is 26.7 Å². The molecule has 3 heterocycles. The van der Waals surface area contributed by atoms with Crippen molar-refractivity contribution in [3.8, 4) is 11.4 Å². The number of amides is 1. The zero-order valence-electron chi connectivity index (χ0n) is 20.9. The molecular formula is C26H27F4N5O3. The van der Waals surface area contributed by atoms with Crippen LogP contribution in [0.15, 0.2) is 48.5 Å². The molecule has 0 bridgehead atoms. The Morgan fingerprint density at radius 1 is 0.974 bits per heavy atom. The Morgan fingerprint density at radius 3 is 2.11 bits per heavy atom. The highest BCUT2D eigenvalue weighted by atomic mass is 19.4. The summed E-state index contributed by atoms with van der Waals surface area (Å²) in [6.45, 7) is 4.98. The second-order valence-corrected chi connectivity index (χ2v) is 9.64. The number of likely N-dealkylation sites (tertiary alicyclic amines) is 1. The van der Waals surface area contributed by atoms with E-state index in [2.05, 4.69) is 26.7 Å². The van der Waals surface area contributed by atoms with Crippen molar-refractivity contribution in [3.63, 3.8) is 0 Å². The van der Waals surface area contributed by atoms with Crippen molar-refractivity contribution in [1.82, 2.24) is 24.6 Å². The molecule has 1 aromatic heterocycles. The number of aromatic nitrogens is 3. The van der Waals surface area contributed by atoms with Crippen molar-refractivity contribution >= 4 is 11.9 Å². The van der Waals surface area contributed by atoms with Gasteiger partial charge in [-0.1, -0.05) is 17.7 Å². The molecule has 1 fully saturated rings. The third-order valence-electron chi connectivity index (χ3n) is 6.80. The Labute approximate surface area is 216 Å². The fraction of sp³-hybridized carbons (Fsp3) is 0.385. The number of halogens is 4. The Hall–Kier alpha value is -3.80. The predicted molar refractivity (Wildman–Crippen MR) is 130 cm³/mol. The second-order valence-electron chi connectivity index (χ2n) is 9.64. The first-order valence-electron chi connectivity index (χ1n) is 11.9. The van der Waals surface area contributed by atoms with E-state index in [4.69, 9.17) is 9.90 Å². The maximum atomic E-state index is 13.5. The number of nitrogens with zero attached hydrogens (tertiary/aromatic N) is 5. The molecule has 2 aliphatic rings. The molecule has 0 radical (unpaired) electrons. The summed E-state index contributed by atoms with van der Waals surface area (Å²) in [6.07, 6.45) is -3.43. The minimum atomic E-state index is -5.08. The quantitative estimate of drug-likeness (QED) is 0.499. The van der Waals surface area contributed by atoms with Crippen LogP contribution in [0.5, 0.6) is 0 Å². The van der Waals surface area contributed by atoms with Crippen LogP contribution in [0.25, 0.3) is 11.4 Å². The summed E-state index contributed by atoms with van der Waals surface area (Å²) in [7, 11) is 2.10. The predicted octanol–water partition coefficient (Wildman–Crippen LogP) is 4.10. The van der Waals surface area contributed by atoms with Crippen molar-refractivity contribution in [1.29, 1.82) is 0 Å². The summed E-state index contributed by atoms with van der Waals surface area (Å²) < 4.78 is 47.5. The highest BCUT2D eigenvalue weighted by Crippen LogP contribution is 2.39. The summed E-state index contributed by atoms with van der Waals surface area (Å²) in [6, 6.07) is 14.2. The molecule has 0 atom stereocenters. The van der Waals surface area contributed by atoms with Gasteiger partial charge in [0.1, 0.15) is 11.6 Å². The van der Waals surface area contributed by atoms with Crippen LogP contribution < -0.4 is 0 Å². The Kier molecular flexibility index (Phi) is 7.54. The highest BCUT2D eigenvalue weighted by molar-refractivity contribution is 5.94. The summed E-state index contributed by atoms with van der Waals surface area (Å²) in [5.41, 5.74) is 2.56. The van der Waals surface area contributed by atoms with Gasteiger partial charge in [0.25, 0.3) is 5.91 Å². The molecule has 0 saturated carbocycles. The van der Waals surface area contributed by atoms with E-state index in [1.165, 1.54) is 12.1 Å². The summed E-state index contributed by atoms with van der Waals surface area (Å²) in [5.74, 6) is -1.23. The molecule has 2 aliphatic heterocycles. The van der Waals surface area contributed by atoms with Crippen LogP contribution in [0.1, 0.15) is 34.6 Å². The third kappa shape index (κ3) is 5.69. The van der Waals surface area contributed by atoms with E-state index in [1.54, 1.807) is 12.1 Å². The lowest BCUT2D eigenvalue weighted by Gasteiger charge is -2.48. The van der Waals surface area contributed by atoms with E-state index in [1.807, 2.05) is 36.1 Å². The van der Waals surface area contributed by atoms with Crippen LogP contribution in [0.4, 0.5) is 17.6 Å². The van der Waals surface area contributed by atoms with Gasteiger partial charge in [-0.05, 0) is 63.2 Å². The molecule has 1 saturated heterocycles. The molecule has 3 aromatic rings. The van der Waals surface area contributed by atoms with E-state index >= 15 is 0 Å². The van der Waals surface area contributed by atoms with Crippen LogP contribution in [-0.2, 0) is 16.9 Å². The molecule has 1 spiro atoms. The fourth-order valence-electron chi connectivity index (χ4n) is 4.96. The Bertz CT molecular complexity index is 1300. The lowest BCUT2D eigenvalue weighted by Crippen LogP contribution is -2.56. The zero-order valence-corrected chi connectivity index (χ0v) is 20.9. The number of carboxylic acids is 1. The van der Waals surface area contributed by atoms with Crippen LogP contribution in [0.3, 0.4) is 0 Å². The highest BCUT2D eigenvalue weighted by Gasteiger charge is 2.44. The summed E-state index contributed by atoms with van der Waals surface area (Å²) >= 11 is 0. The molecule has 1 N–H and O–H groups in total. The minimum Gasteiger partial charge on any atom is -0.475 e. The number of likely N-dealkylation sites (N-methyl/N-ethyl adjacent to an activating group) is 1. The molecule has 2 aromatic carbocycles. The van der Waals surface area contributed by atoms with E-state index in [0.29, 0.717) is 13.1 Å². The Morgan fingerprint density at radius 2 is 1.55 bits per heavy atom. The van der Waals surface area contributed by atoms with Crippen LogP contribution in [0.2, 0.25) is 0 Å². The monoisotopic (exact) mass is 533 g/mol. The number of benzene rings is 2. The van der Waals surface area contributed by atoms with Gasteiger partial charge in [0.2, 0.25) is 0 Å². The van der Waals surface area contributed by atoms with Crippen LogP contribution in [-0.4, -0.2) is 74.4 Å². The van der Waals surface area contributed by atoms with E-state index in [0.717, 1.165) is 54.3 Å². The van der Waals surface area contributed by atoms with Gasteiger partial charge < -0.3 is 14.6 Å². The zero-order chi connectivity index (χ0) is 27.7. The average molecular weight is 534 g/mol. The molecule has 1 amide bonds. The number of piperidine rings is 1. The third-order valence-corrected chi connectivity index (χ3v) is 6.80. The SMILES string of the molecule is Cc1ccc(C(=O)N2CCC3(CC2)CN(C)Cc2nnc(-c4ccc(F)cc4)n23)cc1.O=C(O)C(F)(F)F. The molecule has 202 valence electrons. The fourth-order valence-corrected chi connectivity index (χ4v) is 4.96. The molecule has 0 aliphatic carbocycles. The van der Waals surface area contributed by atoms with Gasteiger partial charge in [-0.25, -0.2) is 9.18 Å². The summed E-state index contributed by atoms with van der Waals surface area (Å²) in [4.78, 5) is 26.1. The second kappa shape index (κ2) is 10.5. The number of carbonyl (C=O) groups is 2. The molecule has 5 rings (SSSR count). The first-order chi connectivity index (χ1) is 17.9. The smallest absolute Gasteiger partial charge is 0.475 e. The number of carboxylic acid groups (broad SMARTS) is 1. The standard InChI is InChI=1S/C24H26FN5O.C2HF3O2/c1-17-3-5-19(6-4-17)23(31)29-13-11-24(12-14-29)16-28(2)15-21-26-27-22(30(21)24)18-7-9-20(25)10-8-18;3-2(4,5)1(6)7/h3-10H,11-16H2,1-2H3;(H,6,7). The van der Waals surface area contributed by atoms with Crippen molar-refractivity contribution in [2.24, 2.45) is 0 Å². The van der Waals surface area contributed by atoms with Crippen LogP contribution >= 0.6 is 0 Å². The Balaban J connectivity index is 0.000000426. The molecule has 38 heavy (non-hydrogen) atoms. The first-order valence-corrected chi connectivity index (χ1v) is 11.9. The van der Waals surface area contributed by atoms with E-state index in [-0.39, 0.29) is 17.3 Å². The topological polar surface area (TPSA) is 91.6 Å². The number of rotatable bonds is 2. The lowest BCUT2D eigenvalue weighted by molar-refractivity contribution is -0.192. The molecular weight excluding hydrogens is 506 g/mol. The van der Waals surface area contributed by atoms with Gasteiger partial charge >= 0.3 is 12.1 Å². The number of hydrogen-bond donors (Lipinski definition) is 1. The van der Waals surface area contributed by atoms with Crippen molar-refractivity contribution < 1.29 is 32.3 Å².